The molecule has 0 unspecified atom stereocenters. The summed E-state index contributed by atoms with van der Waals surface area (Å²) in [7, 11) is 0. The van der Waals surface area contributed by atoms with Crippen LogP contribution >= 0.6 is 22.9 Å². The molecule has 1 aromatic carbocycles. The molecule has 178 valence electrons. The normalized spacial score (nSPS) is 15.8. The highest BCUT2D eigenvalue weighted by atomic mass is 35.5. The zero-order valence-corrected chi connectivity index (χ0v) is 20.7. The highest BCUT2D eigenvalue weighted by Crippen LogP contribution is 2.40. The predicted octanol–water partition coefficient (Wildman–Crippen LogP) is 4.96. The first-order valence-corrected chi connectivity index (χ1v) is 12.1. The van der Waals surface area contributed by atoms with E-state index in [0.29, 0.717) is 27.3 Å². The van der Waals surface area contributed by atoms with Gasteiger partial charge in [-0.3, -0.25) is 4.79 Å². The summed E-state index contributed by atoms with van der Waals surface area (Å²) in [4.78, 5) is 38.6. The molecule has 0 radical (unpaired) electrons. The maximum absolute atomic E-state index is 12.7. The number of ether oxygens (including phenoxy) is 3. The molecule has 0 saturated heterocycles. The average molecular weight is 494 g/mol. The number of carbonyl (C=O) groups is 3. The number of benzene rings is 1. The number of esters is 2. The molecule has 0 spiro atoms. The van der Waals surface area contributed by atoms with Crippen molar-refractivity contribution in [3.8, 4) is 5.75 Å². The van der Waals surface area contributed by atoms with Crippen molar-refractivity contribution in [2.24, 2.45) is 5.92 Å². The molecule has 1 amide bonds. The van der Waals surface area contributed by atoms with Crippen LogP contribution in [0.5, 0.6) is 5.75 Å². The SMILES string of the molecule is CCOC(=O)c1c(NC(=O)[C@@H](C)OC(=O)COc2ccc(Cl)c(C)c2)sc2c1CC[C@H](C)C2. The van der Waals surface area contributed by atoms with Crippen LogP contribution in [0, 0.1) is 12.8 Å². The monoisotopic (exact) mass is 493 g/mol. The number of fused-ring (bicyclic) bond motifs is 1. The molecule has 1 heterocycles. The first-order chi connectivity index (χ1) is 15.7. The molecule has 1 aliphatic carbocycles. The van der Waals surface area contributed by atoms with Crippen molar-refractivity contribution in [2.45, 2.75) is 53.1 Å². The number of aryl methyl sites for hydroxylation is 1. The van der Waals surface area contributed by atoms with Gasteiger partial charge in [-0.05, 0) is 75.3 Å². The molecular weight excluding hydrogens is 466 g/mol. The van der Waals surface area contributed by atoms with Crippen molar-refractivity contribution >= 4 is 45.8 Å². The lowest BCUT2D eigenvalue weighted by Gasteiger charge is -2.18. The fraction of sp³-hybridized carbons (Fsp3) is 0.458. The van der Waals surface area contributed by atoms with Crippen LogP contribution in [-0.4, -0.2) is 37.2 Å². The summed E-state index contributed by atoms with van der Waals surface area (Å²) in [5.41, 5.74) is 2.18. The van der Waals surface area contributed by atoms with Gasteiger partial charge < -0.3 is 19.5 Å². The van der Waals surface area contributed by atoms with Gasteiger partial charge in [-0.2, -0.15) is 0 Å². The zero-order valence-electron chi connectivity index (χ0n) is 19.2. The Morgan fingerprint density at radius 1 is 1.30 bits per heavy atom. The zero-order chi connectivity index (χ0) is 24.1. The van der Waals surface area contributed by atoms with Gasteiger partial charge in [0.15, 0.2) is 12.7 Å². The highest BCUT2D eigenvalue weighted by Gasteiger charge is 2.30. The van der Waals surface area contributed by atoms with Gasteiger partial charge in [0.05, 0.1) is 12.2 Å². The number of rotatable bonds is 8. The second kappa shape index (κ2) is 11.0. The fourth-order valence-corrected chi connectivity index (χ4v) is 5.12. The Morgan fingerprint density at radius 2 is 2.06 bits per heavy atom. The van der Waals surface area contributed by atoms with Gasteiger partial charge in [-0.1, -0.05) is 18.5 Å². The summed E-state index contributed by atoms with van der Waals surface area (Å²) < 4.78 is 15.9. The number of carbonyl (C=O) groups excluding carboxylic acids is 3. The van der Waals surface area contributed by atoms with E-state index in [1.165, 1.54) is 18.3 Å². The largest absolute Gasteiger partial charge is 0.482 e. The predicted molar refractivity (Wildman–Crippen MR) is 127 cm³/mol. The second-order valence-corrected chi connectivity index (χ2v) is 9.61. The number of halogens is 1. The molecular formula is C24H28ClNO6S. The van der Waals surface area contributed by atoms with E-state index in [0.717, 1.165) is 35.3 Å². The minimum Gasteiger partial charge on any atom is -0.482 e. The summed E-state index contributed by atoms with van der Waals surface area (Å²) in [5, 5.41) is 3.80. The van der Waals surface area contributed by atoms with Gasteiger partial charge in [-0.25, -0.2) is 9.59 Å². The Kier molecular flexibility index (Phi) is 8.37. The fourth-order valence-electron chi connectivity index (χ4n) is 3.61. The van der Waals surface area contributed by atoms with Crippen LogP contribution in [0.4, 0.5) is 5.00 Å². The second-order valence-electron chi connectivity index (χ2n) is 8.10. The molecule has 2 atom stereocenters. The Hall–Kier alpha value is -2.58. The summed E-state index contributed by atoms with van der Waals surface area (Å²) in [6, 6.07) is 5.04. The highest BCUT2D eigenvalue weighted by molar-refractivity contribution is 7.17. The number of thiophene rings is 1. The summed E-state index contributed by atoms with van der Waals surface area (Å²) >= 11 is 7.37. The van der Waals surface area contributed by atoms with Crippen LogP contribution in [0.2, 0.25) is 5.02 Å². The first kappa shape index (κ1) is 25.1. The van der Waals surface area contributed by atoms with Crippen LogP contribution in [-0.2, 0) is 31.9 Å². The molecule has 2 aromatic rings. The van der Waals surface area contributed by atoms with E-state index in [1.54, 1.807) is 25.1 Å². The van der Waals surface area contributed by atoms with Gasteiger partial charge in [0, 0.05) is 9.90 Å². The number of hydrogen-bond acceptors (Lipinski definition) is 7. The Morgan fingerprint density at radius 3 is 2.76 bits per heavy atom. The van der Waals surface area contributed by atoms with Crippen LogP contribution in [0.1, 0.15) is 53.6 Å². The summed E-state index contributed by atoms with van der Waals surface area (Å²) in [5.74, 6) is -0.670. The smallest absolute Gasteiger partial charge is 0.344 e. The molecule has 0 bridgehead atoms. The molecule has 0 saturated carbocycles. The summed E-state index contributed by atoms with van der Waals surface area (Å²) in [6.45, 7) is 7.10. The molecule has 7 nitrogen and oxygen atoms in total. The molecule has 9 heteroatoms. The molecule has 0 aliphatic heterocycles. The molecule has 1 aromatic heterocycles. The van der Waals surface area contributed by atoms with Crippen LogP contribution < -0.4 is 10.1 Å². The number of amides is 1. The van der Waals surface area contributed by atoms with Crippen LogP contribution in [0.15, 0.2) is 18.2 Å². The standard InChI is InChI=1S/C24H28ClNO6S/c1-5-30-24(29)21-17-8-6-13(2)10-19(17)33-23(21)26-22(28)15(4)32-20(27)12-31-16-7-9-18(25)14(3)11-16/h7,9,11,13,15H,5-6,8,10,12H2,1-4H3,(H,26,28)/t13-,15+/m0/s1. The number of anilines is 1. The molecule has 0 fully saturated rings. The van der Waals surface area contributed by atoms with Crippen molar-refractivity contribution in [1.29, 1.82) is 0 Å². The average Bonchev–Trinajstić information content (AvgIpc) is 3.11. The third-order valence-corrected chi connectivity index (χ3v) is 6.99. The summed E-state index contributed by atoms with van der Waals surface area (Å²) in [6.07, 6.45) is 1.53. The minimum absolute atomic E-state index is 0.244. The third-order valence-electron chi connectivity index (χ3n) is 5.39. The number of nitrogens with one attached hydrogen (secondary N) is 1. The van der Waals surface area contributed by atoms with E-state index < -0.39 is 23.9 Å². The minimum atomic E-state index is -1.07. The molecule has 1 aliphatic rings. The van der Waals surface area contributed by atoms with Gasteiger partial charge >= 0.3 is 11.9 Å². The van der Waals surface area contributed by atoms with Gasteiger partial charge in [-0.15, -0.1) is 11.3 Å². The van der Waals surface area contributed by atoms with Crippen molar-refractivity contribution < 1.29 is 28.6 Å². The van der Waals surface area contributed by atoms with E-state index in [1.807, 2.05) is 6.92 Å². The lowest BCUT2D eigenvalue weighted by Crippen LogP contribution is -2.32. The van der Waals surface area contributed by atoms with Crippen molar-refractivity contribution in [3.05, 3.63) is 44.8 Å². The topological polar surface area (TPSA) is 90.9 Å². The Labute approximate surface area is 202 Å². The van der Waals surface area contributed by atoms with Crippen molar-refractivity contribution in [3.63, 3.8) is 0 Å². The van der Waals surface area contributed by atoms with Crippen molar-refractivity contribution in [2.75, 3.05) is 18.5 Å². The van der Waals surface area contributed by atoms with Gasteiger partial charge in [0.2, 0.25) is 0 Å². The van der Waals surface area contributed by atoms with Gasteiger partial charge in [0.25, 0.3) is 5.91 Å². The maximum Gasteiger partial charge on any atom is 0.344 e. The quantitative estimate of drug-likeness (QED) is 0.522. The molecule has 33 heavy (non-hydrogen) atoms. The van der Waals surface area contributed by atoms with Crippen molar-refractivity contribution in [1.82, 2.24) is 0 Å². The molecule has 3 rings (SSSR count). The first-order valence-electron chi connectivity index (χ1n) is 10.9. The van der Waals surface area contributed by atoms with E-state index >= 15 is 0 Å². The van der Waals surface area contributed by atoms with E-state index in [2.05, 4.69) is 12.2 Å². The molecule has 1 N–H and O–H groups in total. The van der Waals surface area contributed by atoms with E-state index in [9.17, 15) is 14.4 Å². The van der Waals surface area contributed by atoms with Crippen LogP contribution in [0.25, 0.3) is 0 Å². The Balaban J connectivity index is 1.63. The number of hydrogen-bond donors (Lipinski definition) is 1. The lowest BCUT2D eigenvalue weighted by molar-refractivity contribution is -0.155. The Bertz CT molecular complexity index is 1050. The van der Waals surface area contributed by atoms with Gasteiger partial charge in [0.1, 0.15) is 10.8 Å². The lowest BCUT2D eigenvalue weighted by atomic mass is 9.88. The maximum atomic E-state index is 12.7. The van der Waals surface area contributed by atoms with E-state index in [-0.39, 0.29) is 13.2 Å². The van der Waals surface area contributed by atoms with E-state index in [4.69, 9.17) is 25.8 Å². The van der Waals surface area contributed by atoms with Crippen LogP contribution in [0.3, 0.4) is 0 Å². The third kappa shape index (κ3) is 6.26.